The van der Waals surface area contributed by atoms with Crippen LogP contribution in [0.2, 0.25) is 0 Å². The lowest BCUT2D eigenvalue weighted by atomic mass is 9.97. The summed E-state index contributed by atoms with van der Waals surface area (Å²) < 4.78 is 5.14. The number of urea groups is 1. The molecular weight excluding hydrogens is 490 g/mol. The molecule has 37 heavy (non-hydrogen) atoms. The second-order valence-electron chi connectivity index (χ2n) is 9.98. The number of esters is 1. The number of hydrogen-bond acceptors (Lipinski definition) is 7. The van der Waals surface area contributed by atoms with Crippen molar-refractivity contribution in [1.29, 1.82) is 0 Å². The average molecular weight is 526 g/mol. The number of carbonyl (C=O) groups is 3. The van der Waals surface area contributed by atoms with Gasteiger partial charge >= 0.3 is 12.0 Å². The molecule has 3 amide bonds. The fourth-order valence-corrected chi connectivity index (χ4v) is 6.63. The van der Waals surface area contributed by atoms with Crippen molar-refractivity contribution in [2.45, 2.75) is 52.0 Å². The van der Waals surface area contributed by atoms with Crippen LogP contribution in [0.1, 0.15) is 53.5 Å². The van der Waals surface area contributed by atoms with Gasteiger partial charge in [-0.2, -0.15) is 0 Å². The maximum absolute atomic E-state index is 13.3. The third kappa shape index (κ3) is 5.44. The predicted octanol–water partition coefficient (Wildman–Crippen LogP) is 3.93. The fraction of sp³-hybridized carbons (Fsp3) is 0.556. The van der Waals surface area contributed by atoms with Gasteiger partial charge in [0.25, 0.3) is 5.91 Å². The zero-order valence-corrected chi connectivity index (χ0v) is 22.4. The van der Waals surface area contributed by atoms with Gasteiger partial charge in [-0.05, 0) is 57.6 Å². The highest BCUT2D eigenvalue weighted by molar-refractivity contribution is 7.17. The van der Waals surface area contributed by atoms with Crippen LogP contribution in [0.4, 0.5) is 15.6 Å². The number of piperidine rings is 2. The fourth-order valence-electron chi connectivity index (χ4n) is 5.54. The van der Waals surface area contributed by atoms with Gasteiger partial charge < -0.3 is 24.8 Å². The van der Waals surface area contributed by atoms with Crippen molar-refractivity contribution < 1.29 is 19.1 Å². The summed E-state index contributed by atoms with van der Waals surface area (Å²) in [6, 6.07) is 8.18. The summed E-state index contributed by atoms with van der Waals surface area (Å²) in [5.74, 6) is -0.278. The molecule has 1 N–H and O–H groups in total. The van der Waals surface area contributed by atoms with Crippen molar-refractivity contribution in [3.05, 3.63) is 40.4 Å². The quantitative estimate of drug-likeness (QED) is 0.595. The standard InChI is InChI=1S/C27H35N5O4S/c1-3-36-25(34)20-8-13-30(14-9-20)24(33)23-18(2)28-27(37-23)31-15-11-21(12-16-31)32-17-10-19-6-4-5-7-22(19)29-26(32)35/h4-7,20-21H,3,8-17H2,1-2H3,(H,29,35). The molecule has 2 fully saturated rings. The number of carbonyl (C=O) groups excluding carboxylic acids is 3. The van der Waals surface area contributed by atoms with Gasteiger partial charge in [0.2, 0.25) is 0 Å². The molecule has 5 rings (SSSR count). The second-order valence-corrected chi connectivity index (χ2v) is 11.0. The van der Waals surface area contributed by atoms with E-state index < -0.39 is 0 Å². The molecule has 2 aromatic rings. The van der Waals surface area contributed by atoms with E-state index in [1.54, 1.807) is 0 Å². The molecule has 0 bridgehead atoms. The number of aryl methyl sites for hydroxylation is 1. The number of nitrogens with zero attached hydrogens (tertiary/aromatic N) is 4. The van der Waals surface area contributed by atoms with Gasteiger partial charge in [0.15, 0.2) is 5.13 Å². The normalized spacial score (nSPS) is 19.3. The molecule has 9 nitrogen and oxygen atoms in total. The monoisotopic (exact) mass is 525 g/mol. The molecule has 0 spiro atoms. The van der Waals surface area contributed by atoms with E-state index in [4.69, 9.17) is 9.72 Å². The summed E-state index contributed by atoms with van der Waals surface area (Å²) >= 11 is 1.45. The van der Waals surface area contributed by atoms with E-state index in [2.05, 4.69) is 16.3 Å². The highest BCUT2D eigenvalue weighted by atomic mass is 32.1. The molecular formula is C27H35N5O4S. The maximum Gasteiger partial charge on any atom is 0.322 e. The van der Waals surface area contributed by atoms with Gasteiger partial charge in [0.05, 0.1) is 18.2 Å². The van der Waals surface area contributed by atoms with Crippen LogP contribution in [0.25, 0.3) is 0 Å². The minimum Gasteiger partial charge on any atom is -0.466 e. The molecule has 0 aliphatic carbocycles. The number of para-hydroxylation sites is 1. The van der Waals surface area contributed by atoms with Crippen molar-refractivity contribution >= 4 is 40.1 Å². The Morgan fingerprint density at radius 2 is 1.81 bits per heavy atom. The minimum absolute atomic E-state index is 0.000696. The third-order valence-electron chi connectivity index (χ3n) is 7.70. The van der Waals surface area contributed by atoms with Crippen LogP contribution in [0.15, 0.2) is 24.3 Å². The number of hydrogen-bond donors (Lipinski definition) is 1. The molecule has 1 aromatic carbocycles. The van der Waals surface area contributed by atoms with Crippen molar-refractivity contribution in [3.8, 4) is 0 Å². The van der Waals surface area contributed by atoms with Crippen LogP contribution in [0.3, 0.4) is 0 Å². The van der Waals surface area contributed by atoms with Crippen molar-refractivity contribution in [3.63, 3.8) is 0 Å². The van der Waals surface area contributed by atoms with Gasteiger partial charge in [-0.15, -0.1) is 0 Å². The van der Waals surface area contributed by atoms with E-state index in [-0.39, 0.29) is 29.9 Å². The Morgan fingerprint density at radius 3 is 2.54 bits per heavy atom. The Kier molecular flexibility index (Phi) is 7.64. The summed E-state index contributed by atoms with van der Waals surface area (Å²) in [7, 11) is 0. The second kappa shape index (κ2) is 11.1. The number of anilines is 2. The van der Waals surface area contributed by atoms with Crippen molar-refractivity contribution in [2.24, 2.45) is 5.92 Å². The van der Waals surface area contributed by atoms with E-state index in [1.807, 2.05) is 41.8 Å². The van der Waals surface area contributed by atoms with E-state index in [9.17, 15) is 14.4 Å². The van der Waals surface area contributed by atoms with E-state index in [1.165, 1.54) is 16.9 Å². The zero-order chi connectivity index (χ0) is 25.9. The molecule has 10 heteroatoms. The number of aromatic nitrogens is 1. The summed E-state index contributed by atoms with van der Waals surface area (Å²) in [6.07, 6.45) is 3.86. The molecule has 198 valence electrons. The minimum atomic E-state index is -0.156. The molecule has 1 aromatic heterocycles. The Balaban J connectivity index is 1.17. The number of thiazole rings is 1. The van der Waals surface area contributed by atoms with E-state index in [0.29, 0.717) is 37.4 Å². The lowest BCUT2D eigenvalue weighted by Gasteiger charge is -2.37. The SMILES string of the molecule is CCOC(=O)C1CCN(C(=O)c2sc(N3CCC(N4CCc5ccccc5NC4=O)CC3)nc2C)CC1. The summed E-state index contributed by atoms with van der Waals surface area (Å²) in [5.41, 5.74) is 2.84. The maximum atomic E-state index is 13.3. The Morgan fingerprint density at radius 1 is 1.08 bits per heavy atom. The molecule has 0 saturated carbocycles. The Hall–Kier alpha value is -3.14. The van der Waals surface area contributed by atoms with Gasteiger partial charge in [-0.3, -0.25) is 9.59 Å². The first kappa shape index (κ1) is 25.5. The number of benzene rings is 1. The van der Waals surface area contributed by atoms with Crippen LogP contribution in [-0.4, -0.2) is 78.1 Å². The lowest BCUT2D eigenvalue weighted by molar-refractivity contribution is -0.149. The van der Waals surface area contributed by atoms with Gasteiger partial charge in [0, 0.05) is 44.5 Å². The molecule has 0 unspecified atom stereocenters. The number of ether oxygens (including phenoxy) is 1. The number of fused-ring (bicyclic) bond motifs is 1. The average Bonchev–Trinajstić information content (AvgIpc) is 3.22. The highest BCUT2D eigenvalue weighted by Gasteiger charge is 2.33. The first-order chi connectivity index (χ1) is 17.9. The van der Waals surface area contributed by atoms with Crippen molar-refractivity contribution in [1.82, 2.24) is 14.8 Å². The highest BCUT2D eigenvalue weighted by Crippen LogP contribution is 2.32. The van der Waals surface area contributed by atoms with Crippen LogP contribution in [0, 0.1) is 12.8 Å². The number of rotatable bonds is 5. The smallest absolute Gasteiger partial charge is 0.322 e. The molecule has 0 atom stereocenters. The number of likely N-dealkylation sites (tertiary alicyclic amines) is 1. The predicted molar refractivity (Wildman–Crippen MR) is 143 cm³/mol. The Labute approximate surface area is 221 Å². The van der Waals surface area contributed by atoms with Crippen LogP contribution in [0.5, 0.6) is 0 Å². The lowest BCUT2D eigenvalue weighted by Crippen LogP contribution is -2.48. The van der Waals surface area contributed by atoms with Gasteiger partial charge in [-0.25, -0.2) is 9.78 Å². The van der Waals surface area contributed by atoms with Crippen LogP contribution >= 0.6 is 11.3 Å². The molecule has 0 radical (unpaired) electrons. The van der Waals surface area contributed by atoms with Crippen LogP contribution < -0.4 is 10.2 Å². The number of amides is 3. The Bertz CT molecular complexity index is 1150. The van der Waals surface area contributed by atoms with E-state index in [0.717, 1.165) is 55.4 Å². The van der Waals surface area contributed by atoms with Crippen LogP contribution in [-0.2, 0) is 16.0 Å². The van der Waals surface area contributed by atoms with Gasteiger partial charge in [0.1, 0.15) is 4.88 Å². The summed E-state index contributed by atoms with van der Waals surface area (Å²) in [4.78, 5) is 49.7. The third-order valence-corrected chi connectivity index (χ3v) is 8.91. The number of nitrogens with one attached hydrogen (secondary N) is 1. The molecule has 4 heterocycles. The first-order valence-corrected chi connectivity index (χ1v) is 14.1. The van der Waals surface area contributed by atoms with Crippen molar-refractivity contribution in [2.75, 3.05) is 49.5 Å². The molecule has 3 aliphatic rings. The molecule has 2 saturated heterocycles. The zero-order valence-electron chi connectivity index (χ0n) is 21.6. The summed E-state index contributed by atoms with van der Waals surface area (Å²) in [5, 5.41) is 3.95. The molecule has 3 aliphatic heterocycles. The van der Waals surface area contributed by atoms with E-state index >= 15 is 0 Å². The largest absolute Gasteiger partial charge is 0.466 e. The first-order valence-electron chi connectivity index (χ1n) is 13.3. The topological polar surface area (TPSA) is 95.1 Å². The summed E-state index contributed by atoms with van der Waals surface area (Å²) in [6.45, 7) is 7.52. The van der Waals surface area contributed by atoms with Gasteiger partial charge in [-0.1, -0.05) is 29.5 Å².